The van der Waals surface area contributed by atoms with Gasteiger partial charge < -0.3 is 10.1 Å². The lowest BCUT2D eigenvalue weighted by molar-refractivity contribution is 0.159. The second kappa shape index (κ2) is 5.72. The fourth-order valence-electron chi connectivity index (χ4n) is 1.83. The van der Waals surface area contributed by atoms with Crippen LogP contribution in [0.4, 0.5) is 0 Å². The summed E-state index contributed by atoms with van der Waals surface area (Å²) in [5.41, 5.74) is 0. The molecule has 84 valence electrons. The molecule has 0 amide bonds. The predicted octanol–water partition coefficient (Wildman–Crippen LogP) is 2.44. The van der Waals surface area contributed by atoms with Crippen LogP contribution in [0.3, 0.4) is 0 Å². The van der Waals surface area contributed by atoms with Crippen molar-refractivity contribution < 1.29 is 4.74 Å². The Kier molecular flexibility index (Phi) is 4.90. The molecule has 0 aromatic rings. The highest BCUT2D eigenvalue weighted by Crippen LogP contribution is 2.24. The maximum Gasteiger partial charge on any atom is 0.0464 e. The molecule has 0 aliphatic heterocycles. The third-order valence-electron chi connectivity index (χ3n) is 3.54. The average Bonchev–Trinajstić information content (AvgIpc) is 2.96. The number of methoxy groups -OCH3 is 1. The standard InChI is InChI=1S/C12H25NO/c1-9(7-8-14-4)10(2)11(3)13-12-5-6-12/h9-13H,5-8H2,1-4H3. The minimum absolute atomic E-state index is 0.648. The van der Waals surface area contributed by atoms with Crippen LogP contribution in [-0.2, 0) is 4.74 Å². The maximum absolute atomic E-state index is 5.12. The molecule has 2 heteroatoms. The zero-order valence-electron chi connectivity index (χ0n) is 10.0. The van der Waals surface area contributed by atoms with Crippen LogP contribution in [0, 0.1) is 11.8 Å². The lowest BCUT2D eigenvalue weighted by atomic mass is 9.87. The number of rotatable bonds is 7. The van der Waals surface area contributed by atoms with Gasteiger partial charge >= 0.3 is 0 Å². The minimum atomic E-state index is 0.648. The lowest BCUT2D eigenvalue weighted by Crippen LogP contribution is -2.36. The second-order valence-electron chi connectivity index (χ2n) is 4.85. The van der Waals surface area contributed by atoms with Gasteiger partial charge in [-0.05, 0) is 38.0 Å². The van der Waals surface area contributed by atoms with E-state index in [4.69, 9.17) is 4.74 Å². The molecule has 0 bridgehead atoms. The van der Waals surface area contributed by atoms with Crippen molar-refractivity contribution >= 4 is 0 Å². The molecule has 1 rings (SSSR count). The van der Waals surface area contributed by atoms with E-state index < -0.39 is 0 Å². The molecule has 1 N–H and O–H groups in total. The third kappa shape index (κ3) is 3.97. The van der Waals surface area contributed by atoms with E-state index in [2.05, 4.69) is 26.1 Å². The molecule has 3 atom stereocenters. The summed E-state index contributed by atoms with van der Waals surface area (Å²) in [5, 5.41) is 3.67. The molecular formula is C12H25NO. The number of nitrogens with one attached hydrogen (secondary N) is 1. The monoisotopic (exact) mass is 199 g/mol. The van der Waals surface area contributed by atoms with E-state index >= 15 is 0 Å². The first-order valence-electron chi connectivity index (χ1n) is 5.90. The molecule has 0 radical (unpaired) electrons. The number of hydrogen-bond acceptors (Lipinski definition) is 2. The van der Waals surface area contributed by atoms with Crippen molar-refractivity contribution in [2.24, 2.45) is 11.8 Å². The Labute approximate surface area is 88.4 Å². The van der Waals surface area contributed by atoms with Gasteiger partial charge in [0.25, 0.3) is 0 Å². The number of hydrogen-bond donors (Lipinski definition) is 1. The van der Waals surface area contributed by atoms with Gasteiger partial charge in [0.1, 0.15) is 0 Å². The summed E-state index contributed by atoms with van der Waals surface area (Å²) in [4.78, 5) is 0. The Hall–Kier alpha value is -0.0800. The smallest absolute Gasteiger partial charge is 0.0464 e. The first kappa shape index (κ1) is 12.0. The largest absolute Gasteiger partial charge is 0.385 e. The molecule has 1 aliphatic rings. The van der Waals surface area contributed by atoms with Crippen molar-refractivity contribution in [1.82, 2.24) is 5.32 Å². The van der Waals surface area contributed by atoms with Crippen LogP contribution >= 0.6 is 0 Å². The zero-order chi connectivity index (χ0) is 10.6. The van der Waals surface area contributed by atoms with Gasteiger partial charge in [-0.3, -0.25) is 0 Å². The van der Waals surface area contributed by atoms with E-state index in [0.717, 1.165) is 24.5 Å². The fourth-order valence-corrected chi connectivity index (χ4v) is 1.83. The van der Waals surface area contributed by atoms with Crippen molar-refractivity contribution in [2.45, 2.75) is 52.1 Å². The Morgan fingerprint density at radius 2 is 1.93 bits per heavy atom. The maximum atomic E-state index is 5.12. The molecule has 1 saturated carbocycles. The molecule has 0 aromatic heterocycles. The van der Waals surface area contributed by atoms with Gasteiger partial charge in [0.2, 0.25) is 0 Å². The van der Waals surface area contributed by atoms with E-state index in [0.29, 0.717) is 6.04 Å². The van der Waals surface area contributed by atoms with Crippen LogP contribution < -0.4 is 5.32 Å². The SMILES string of the molecule is COCCC(C)C(C)C(C)NC1CC1. The molecule has 0 saturated heterocycles. The third-order valence-corrected chi connectivity index (χ3v) is 3.54. The summed E-state index contributed by atoms with van der Waals surface area (Å²) in [6, 6.07) is 1.47. The fraction of sp³-hybridized carbons (Fsp3) is 1.00. The van der Waals surface area contributed by atoms with Crippen molar-refractivity contribution in [3.63, 3.8) is 0 Å². The van der Waals surface area contributed by atoms with Crippen molar-refractivity contribution in [1.29, 1.82) is 0 Å². The molecular weight excluding hydrogens is 174 g/mol. The van der Waals surface area contributed by atoms with Crippen LogP contribution in [0.2, 0.25) is 0 Å². The average molecular weight is 199 g/mol. The highest BCUT2D eigenvalue weighted by atomic mass is 16.5. The van der Waals surface area contributed by atoms with Gasteiger partial charge in [-0.1, -0.05) is 13.8 Å². The van der Waals surface area contributed by atoms with E-state index in [1.165, 1.54) is 19.3 Å². The topological polar surface area (TPSA) is 21.3 Å². The first-order valence-corrected chi connectivity index (χ1v) is 5.90. The van der Waals surface area contributed by atoms with Gasteiger partial charge in [-0.2, -0.15) is 0 Å². The molecule has 0 heterocycles. The molecule has 1 aliphatic carbocycles. The summed E-state index contributed by atoms with van der Waals surface area (Å²) in [6.07, 6.45) is 3.93. The van der Waals surface area contributed by atoms with Gasteiger partial charge in [-0.25, -0.2) is 0 Å². The quantitative estimate of drug-likeness (QED) is 0.680. The highest BCUT2D eigenvalue weighted by Gasteiger charge is 2.26. The van der Waals surface area contributed by atoms with Gasteiger partial charge in [0, 0.05) is 25.8 Å². The Morgan fingerprint density at radius 3 is 2.43 bits per heavy atom. The van der Waals surface area contributed by atoms with Crippen molar-refractivity contribution in [3.05, 3.63) is 0 Å². The Bertz CT molecular complexity index is 156. The zero-order valence-corrected chi connectivity index (χ0v) is 10.0. The van der Waals surface area contributed by atoms with Crippen molar-refractivity contribution in [2.75, 3.05) is 13.7 Å². The minimum Gasteiger partial charge on any atom is -0.385 e. The summed E-state index contributed by atoms with van der Waals surface area (Å²) in [6.45, 7) is 7.88. The van der Waals surface area contributed by atoms with Gasteiger partial charge in [0.05, 0.1) is 0 Å². The van der Waals surface area contributed by atoms with Crippen molar-refractivity contribution in [3.8, 4) is 0 Å². The molecule has 14 heavy (non-hydrogen) atoms. The van der Waals surface area contributed by atoms with Crippen LogP contribution in [0.15, 0.2) is 0 Å². The normalized spacial score (nSPS) is 23.1. The van der Waals surface area contributed by atoms with E-state index in [1.807, 2.05) is 0 Å². The Balaban J connectivity index is 2.18. The summed E-state index contributed by atoms with van der Waals surface area (Å²) in [5.74, 6) is 1.49. The van der Waals surface area contributed by atoms with Crippen LogP contribution in [0.25, 0.3) is 0 Å². The first-order chi connectivity index (χ1) is 6.65. The molecule has 2 nitrogen and oxygen atoms in total. The summed E-state index contributed by atoms with van der Waals surface area (Å²) in [7, 11) is 1.78. The second-order valence-corrected chi connectivity index (χ2v) is 4.85. The lowest BCUT2D eigenvalue weighted by Gasteiger charge is -2.27. The van der Waals surface area contributed by atoms with Gasteiger partial charge in [-0.15, -0.1) is 0 Å². The van der Waals surface area contributed by atoms with E-state index in [-0.39, 0.29) is 0 Å². The summed E-state index contributed by atoms with van der Waals surface area (Å²) >= 11 is 0. The number of ether oxygens (including phenoxy) is 1. The van der Waals surface area contributed by atoms with E-state index in [1.54, 1.807) is 7.11 Å². The molecule has 0 aromatic carbocycles. The Morgan fingerprint density at radius 1 is 1.29 bits per heavy atom. The molecule has 1 fully saturated rings. The molecule has 3 unspecified atom stereocenters. The predicted molar refractivity (Wildman–Crippen MR) is 60.4 cm³/mol. The van der Waals surface area contributed by atoms with Crippen LogP contribution in [-0.4, -0.2) is 25.8 Å². The molecule has 0 spiro atoms. The summed E-state index contributed by atoms with van der Waals surface area (Å²) < 4.78 is 5.12. The van der Waals surface area contributed by atoms with Gasteiger partial charge in [0.15, 0.2) is 0 Å². The van der Waals surface area contributed by atoms with E-state index in [9.17, 15) is 0 Å². The van der Waals surface area contributed by atoms with Crippen LogP contribution in [0.5, 0.6) is 0 Å². The highest BCUT2D eigenvalue weighted by molar-refractivity contribution is 4.85. The van der Waals surface area contributed by atoms with Crippen LogP contribution in [0.1, 0.15) is 40.0 Å².